The van der Waals surface area contributed by atoms with Crippen molar-refractivity contribution < 1.29 is 14.7 Å². The number of amides is 1. The van der Waals surface area contributed by atoms with Crippen molar-refractivity contribution in [3.05, 3.63) is 16.1 Å². The van der Waals surface area contributed by atoms with E-state index in [0.29, 0.717) is 0 Å². The number of carbonyl (C=O) groups is 2. The van der Waals surface area contributed by atoms with Gasteiger partial charge in [-0.2, -0.15) is 0 Å². The van der Waals surface area contributed by atoms with Gasteiger partial charge in [-0.05, 0) is 0 Å². The van der Waals surface area contributed by atoms with E-state index in [-0.39, 0.29) is 10.7 Å². The first-order valence-electron chi connectivity index (χ1n) is 2.60. The summed E-state index contributed by atoms with van der Waals surface area (Å²) in [5.74, 6) is -1.86. The molecule has 1 heterocycles. The molecule has 0 bridgehead atoms. The van der Waals surface area contributed by atoms with E-state index in [1.807, 2.05) is 0 Å². The lowest BCUT2D eigenvalue weighted by molar-refractivity contribution is 0.0691. The van der Waals surface area contributed by atoms with Crippen LogP contribution in [0.2, 0.25) is 0 Å². The van der Waals surface area contributed by atoms with Crippen LogP contribution in [-0.4, -0.2) is 22.0 Å². The van der Waals surface area contributed by atoms with E-state index in [0.717, 1.165) is 11.3 Å². The third-order valence-electron chi connectivity index (χ3n) is 0.934. The van der Waals surface area contributed by atoms with Crippen molar-refractivity contribution in [1.29, 1.82) is 0 Å². The predicted molar refractivity (Wildman–Crippen MR) is 37.6 cm³/mol. The minimum absolute atomic E-state index is 0.0161. The van der Waals surface area contributed by atoms with Gasteiger partial charge in [0, 0.05) is 5.38 Å². The molecule has 0 saturated heterocycles. The molecule has 0 aliphatic heterocycles. The van der Waals surface area contributed by atoms with E-state index in [1.165, 1.54) is 5.38 Å². The molecule has 3 N–H and O–H groups in total. The molecule has 1 amide bonds. The second kappa shape index (κ2) is 2.67. The first-order valence-corrected chi connectivity index (χ1v) is 3.48. The molecule has 11 heavy (non-hydrogen) atoms. The van der Waals surface area contributed by atoms with Crippen LogP contribution in [0.3, 0.4) is 0 Å². The molecule has 0 aliphatic carbocycles. The van der Waals surface area contributed by atoms with Crippen molar-refractivity contribution in [3.63, 3.8) is 0 Å². The minimum Gasteiger partial charge on any atom is -0.476 e. The topological polar surface area (TPSA) is 93.3 Å². The Morgan fingerprint density at radius 1 is 1.64 bits per heavy atom. The van der Waals surface area contributed by atoms with E-state index in [1.54, 1.807) is 0 Å². The summed E-state index contributed by atoms with van der Waals surface area (Å²) in [4.78, 5) is 24.1. The first-order chi connectivity index (χ1) is 5.11. The van der Waals surface area contributed by atoms with E-state index < -0.39 is 11.9 Å². The lowest BCUT2D eigenvalue weighted by Gasteiger charge is -1.82. The Kier molecular flexibility index (Phi) is 1.86. The maximum atomic E-state index is 10.4. The summed E-state index contributed by atoms with van der Waals surface area (Å²) in [6.45, 7) is 0. The molecule has 1 aromatic rings. The van der Waals surface area contributed by atoms with Gasteiger partial charge in [-0.3, -0.25) is 4.79 Å². The number of thiazole rings is 1. The molecule has 0 spiro atoms. The van der Waals surface area contributed by atoms with Gasteiger partial charge in [0.25, 0.3) is 5.91 Å². The molecule has 0 aliphatic rings. The van der Waals surface area contributed by atoms with E-state index in [4.69, 9.17) is 10.8 Å². The van der Waals surface area contributed by atoms with Crippen LogP contribution < -0.4 is 5.73 Å². The van der Waals surface area contributed by atoms with Crippen LogP contribution >= 0.6 is 11.3 Å². The summed E-state index contributed by atoms with van der Waals surface area (Å²) in [5, 5.41) is 9.65. The number of carboxylic acids is 1. The van der Waals surface area contributed by atoms with E-state index in [2.05, 4.69) is 4.98 Å². The molecule has 6 heteroatoms. The molecule has 1 aromatic heterocycles. The number of aromatic nitrogens is 1. The fourth-order valence-electron chi connectivity index (χ4n) is 0.485. The fourth-order valence-corrected chi connectivity index (χ4v) is 1.13. The average Bonchev–Trinajstić information content (AvgIpc) is 2.33. The van der Waals surface area contributed by atoms with Crippen LogP contribution in [0.25, 0.3) is 0 Å². The Labute approximate surface area is 65.5 Å². The van der Waals surface area contributed by atoms with Gasteiger partial charge in [-0.15, -0.1) is 11.3 Å². The van der Waals surface area contributed by atoms with Crippen molar-refractivity contribution >= 4 is 23.2 Å². The quantitative estimate of drug-likeness (QED) is 0.653. The van der Waals surface area contributed by atoms with Crippen LogP contribution in [0.15, 0.2) is 5.38 Å². The summed E-state index contributed by atoms with van der Waals surface area (Å²) >= 11 is 0.919. The molecule has 0 fully saturated rings. The van der Waals surface area contributed by atoms with Gasteiger partial charge < -0.3 is 10.8 Å². The number of carbonyl (C=O) groups excluding carboxylic acids is 1. The zero-order valence-electron chi connectivity index (χ0n) is 5.27. The molecular weight excluding hydrogens is 168 g/mol. The van der Waals surface area contributed by atoms with E-state index >= 15 is 0 Å². The number of nitrogens with zero attached hydrogens (tertiary/aromatic N) is 1. The standard InChI is InChI=1S/C5H4N2O3S/c6-3(8)4-7-2(1-11-4)5(9)10/h1H,(H2,6,8)(H,9,10). The van der Waals surface area contributed by atoms with Gasteiger partial charge >= 0.3 is 5.97 Å². The normalized spacial score (nSPS) is 9.45. The lowest BCUT2D eigenvalue weighted by atomic mass is 10.5. The lowest BCUT2D eigenvalue weighted by Crippen LogP contribution is -2.11. The zero-order chi connectivity index (χ0) is 8.43. The first kappa shape index (κ1) is 7.67. The number of hydrogen-bond donors (Lipinski definition) is 2. The second-order valence-corrected chi connectivity index (χ2v) is 2.57. The highest BCUT2D eigenvalue weighted by molar-refractivity contribution is 7.11. The second-order valence-electron chi connectivity index (χ2n) is 1.71. The molecule has 0 unspecified atom stereocenters. The molecule has 58 valence electrons. The van der Waals surface area contributed by atoms with Gasteiger partial charge in [-0.1, -0.05) is 0 Å². The Morgan fingerprint density at radius 2 is 2.27 bits per heavy atom. The van der Waals surface area contributed by atoms with Gasteiger partial charge in [0.05, 0.1) is 0 Å². The third-order valence-corrected chi connectivity index (χ3v) is 1.79. The summed E-state index contributed by atoms with van der Waals surface area (Å²) in [7, 11) is 0. The van der Waals surface area contributed by atoms with Crippen LogP contribution in [-0.2, 0) is 0 Å². The number of rotatable bonds is 2. The molecule has 5 nitrogen and oxygen atoms in total. The van der Waals surface area contributed by atoms with E-state index in [9.17, 15) is 9.59 Å². The average molecular weight is 172 g/mol. The molecule has 0 radical (unpaired) electrons. The van der Waals surface area contributed by atoms with Crippen molar-refractivity contribution in [2.24, 2.45) is 5.73 Å². The third kappa shape index (κ3) is 1.53. The fraction of sp³-hybridized carbons (Fsp3) is 0. The number of hydrogen-bond acceptors (Lipinski definition) is 4. The summed E-state index contributed by atoms with van der Waals surface area (Å²) in [6.07, 6.45) is 0. The minimum atomic E-state index is -1.16. The largest absolute Gasteiger partial charge is 0.476 e. The smallest absolute Gasteiger partial charge is 0.355 e. The van der Waals surface area contributed by atoms with Gasteiger partial charge in [0.1, 0.15) is 0 Å². The van der Waals surface area contributed by atoms with Crippen LogP contribution in [0.1, 0.15) is 20.3 Å². The van der Waals surface area contributed by atoms with Crippen LogP contribution in [0.4, 0.5) is 0 Å². The zero-order valence-corrected chi connectivity index (χ0v) is 6.09. The Balaban J connectivity index is 2.99. The Hall–Kier alpha value is -1.43. The Bertz CT molecular complexity index is 278. The number of carboxylic acid groups (broad SMARTS) is 1. The van der Waals surface area contributed by atoms with Gasteiger partial charge in [-0.25, -0.2) is 9.78 Å². The molecule has 0 aromatic carbocycles. The molecule has 1 rings (SSSR count). The molecular formula is C5H4N2O3S. The monoisotopic (exact) mass is 172 g/mol. The van der Waals surface area contributed by atoms with Gasteiger partial charge in [0.2, 0.25) is 0 Å². The number of nitrogens with two attached hydrogens (primary N) is 1. The molecule has 0 atom stereocenters. The SMILES string of the molecule is NC(=O)c1nc(C(=O)O)cs1. The van der Waals surface area contributed by atoms with Crippen LogP contribution in [0.5, 0.6) is 0 Å². The van der Waals surface area contributed by atoms with Crippen molar-refractivity contribution in [3.8, 4) is 0 Å². The predicted octanol–water partition coefficient (Wildman–Crippen LogP) is -0.0598. The highest BCUT2D eigenvalue weighted by atomic mass is 32.1. The molecule has 0 saturated carbocycles. The Morgan fingerprint density at radius 3 is 2.55 bits per heavy atom. The summed E-state index contributed by atoms with van der Waals surface area (Å²) in [5.41, 5.74) is 4.69. The highest BCUT2D eigenvalue weighted by Crippen LogP contribution is 2.08. The summed E-state index contributed by atoms with van der Waals surface area (Å²) in [6, 6.07) is 0. The van der Waals surface area contributed by atoms with Crippen molar-refractivity contribution in [2.75, 3.05) is 0 Å². The van der Waals surface area contributed by atoms with Gasteiger partial charge in [0.15, 0.2) is 10.7 Å². The maximum absolute atomic E-state index is 10.4. The summed E-state index contributed by atoms with van der Waals surface area (Å²) < 4.78 is 0. The van der Waals surface area contributed by atoms with Crippen molar-refractivity contribution in [2.45, 2.75) is 0 Å². The number of aromatic carboxylic acids is 1. The van der Waals surface area contributed by atoms with Crippen molar-refractivity contribution in [1.82, 2.24) is 4.98 Å². The van der Waals surface area contributed by atoms with Crippen LogP contribution in [0, 0.1) is 0 Å². The number of primary amides is 1. The highest BCUT2D eigenvalue weighted by Gasteiger charge is 2.11. The maximum Gasteiger partial charge on any atom is 0.355 e.